The molecule has 2 aromatic carbocycles. The molecule has 5 nitrogen and oxygen atoms in total. The summed E-state index contributed by atoms with van der Waals surface area (Å²) in [7, 11) is 1.63. The molecular weight excluding hydrogens is 330 g/mol. The third-order valence-electron chi connectivity index (χ3n) is 4.76. The van der Waals surface area contributed by atoms with Crippen LogP contribution in [-0.2, 0) is 11.2 Å². The van der Waals surface area contributed by atoms with Gasteiger partial charge < -0.3 is 19.7 Å². The maximum absolute atomic E-state index is 10.0. The number of ether oxygens (including phenoxy) is 2. The molecule has 3 rings (SSSR count). The first-order chi connectivity index (χ1) is 12.6. The molecule has 0 radical (unpaired) electrons. The van der Waals surface area contributed by atoms with Crippen LogP contribution in [0.5, 0.6) is 5.75 Å². The summed E-state index contributed by atoms with van der Waals surface area (Å²) in [6.45, 7) is -0.109. The Kier molecular flexibility index (Phi) is 5.89. The lowest BCUT2D eigenvalue weighted by Gasteiger charge is -2.32. The van der Waals surface area contributed by atoms with Crippen molar-refractivity contribution in [2.75, 3.05) is 13.7 Å². The second-order valence-electron chi connectivity index (χ2n) is 6.61. The van der Waals surface area contributed by atoms with Crippen LogP contribution in [0, 0.1) is 11.3 Å². The van der Waals surface area contributed by atoms with E-state index in [0.29, 0.717) is 24.8 Å². The lowest BCUT2D eigenvalue weighted by atomic mass is 9.92. The van der Waals surface area contributed by atoms with Crippen molar-refractivity contribution in [3.63, 3.8) is 0 Å². The number of aliphatic hydroxyl groups is 2. The minimum atomic E-state index is -0.494. The number of aliphatic hydroxyl groups excluding tert-OH is 2. The molecule has 1 fully saturated rings. The SMILES string of the molecule is COc1ccc(Cc2cc(C3CC(O)CC(CO)O3)ccc2C#N)cc1. The highest BCUT2D eigenvalue weighted by atomic mass is 16.5. The largest absolute Gasteiger partial charge is 0.497 e. The quantitative estimate of drug-likeness (QED) is 0.864. The van der Waals surface area contributed by atoms with Gasteiger partial charge in [-0.15, -0.1) is 0 Å². The van der Waals surface area contributed by atoms with Gasteiger partial charge in [0.05, 0.1) is 43.7 Å². The van der Waals surface area contributed by atoms with E-state index in [2.05, 4.69) is 6.07 Å². The summed E-state index contributed by atoms with van der Waals surface area (Å²) in [5.74, 6) is 0.794. The molecule has 0 aromatic heterocycles. The molecule has 0 bridgehead atoms. The van der Waals surface area contributed by atoms with Crippen molar-refractivity contribution in [2.24, 2.45) is 0 Å². The van der Waals surface area contributed by atoms with Gasteiger partial charge in [-0.3, -0.25) is 0 Å². The molecule has 0 saturated carbocycles. The normalized spacial score (nSPS) is 22.6. The summed E-state index contributed by atoms with van der Waals surface area (Å²) in [6, 6.07) is 15.6. The molecule has 0 aliphatic carbocycles. The van der Waals surface area contributed by atoms with E-state index in [1.54, 1.807) is 13.2 Å². The van der Waals surface area contributed by atoms with Gasteiger partial charge >= 0.3 is 0 Å². The highest BCUT2D eigenvalue weighted by molar-refractivity contribution is 5.44. The smallest absolute Gasteiger partial charge is 0.118 e. The fourth-order valence-electron chi connectivity index (χ4n) is 3.35. The van der Waals surface area contributed by atoms with Gasteiger partial charge in [0.25, 0.3) is 0 Å². The summed E-state index contributed by atoms with van der Waals surface area (Å²) in [5.41, 5.74) is 3.54. The zero-order valence-electron chi connectivity index (χ0n) is 14.8. The van der Waals surface area contributed by atoms with Crippen LogP contribution in [0.1, 0.15) is 41.2 Å². The van der Waals surface area contributed by atoms with Crippen molar-refractivity contribution in [1.82, 2.24) is 0 Å². The van der Waals surface area contributed by atoms with Crippen LogP contribution >= 0.6 is 0 Å². The second kappa shape index (κ2) is 8.33. The van der Waals surface area contributed by atoms with Crippen molar-refractivity contribution < 1.29 is 19.7 Å². The molecule has 5 heteroatoms. The molecule has 26 heavy (non-hydrogen) atoms. The molecule has 136 valence electrons. The first-order valence-electron chi connectivity index (χ1n) is 8.73. The molecule has 1 heterocycles. The van der Waals surface area contributed by atoms with Crippen LogP contribution < -0.4 is 4.74 Å². The van der Waals surface area contributed by atoms with E-state index in [9.17, 15) is 15.5 Å². The van der Waals surface area contributed by atoms with Gasteiger partial charge in [0.1, 0.15) is 5.75 Å². The minimum absolute atomic E-state index is 0.109. The summed E-state index contributed by atoms with van der Waals surface area (Å²) >= 11 is 0. The van der Waals surface area contributed by atoms with Crippen molar-refractivity contribution >= 4 is 0 Å². The summed E-state index contributed by atoms with van der Waals surface area (Å²) in [6.07, 6.45) is 0.431. The van der Waals surface area contributed by atoms with Gasteiger partial charge in [0.2, 0.25) is 0 Å². The number of hydrogen-bond acceptors (Lipinski definition) is 5. The van der Waals surface area contributed by atoms with Crippen LogP contribution in [0.4, 0.5) is 0 Å². The van der Waals surface area contributed by atoms with E-state index < -0.39 is 6.10 Å². The number of rotatable bonds is 5. The number of hydrogen-bond donors (Lipinski definition) is 2. The van der Waals surface area contributed by atoms with Crippen molar-refractivity contribution in [3.05, 3.63) is 64.7 Å². The van der Waals surface area contributed by atoms with Gasteiger partial charge in [0, 0.05) is 12.8 Å². The lowest BCUT2D eigenvalue weighted by Crippen LogP contribution is -2.33. The Labute approximate surface area is 153 Å². The van der Waals surface area contributed by atoms with Crippen LogP contribution in [0.15, 0.2) is 42.5 Å². The maximum Gasteiger partial charge on any atom is 0.118 e. The molecule has 3 unspecified atom stereocenters. The molecule has 0 amide bonds. The standard InChI is InChI=1S/C21H23NO4/c1-25-19-6-2-14(3-7-19)8-17-9-15(4-5-16(17)12-22)21-11-18(24)10-20(13-23)26-21/h2-7,9,18,20-21,23-24H,8,10-11,13H2,1H3. The van der Waals surface area contributed by atoms with Gasteiger partial charge in [-0.2, -0.15) is 5.26 Å². The van der Waals surface area contributed by atoms with Gasteiger partial charge in [0.15, 0.2) is 0 Å². The molecule has 1 saturated heterocycles. The van der Waals surface area contributed by atoms with Crippen molar-refractivity contribution in [2.45, 2.75) is 37.6 Å². The molecule has 2 aromatic rings. The van der Waals surface area contributed by atoms with Crippen LogP contribution in [0.3, 0.4) is 0 Å². The second-order valence-corrected chi connectivity index (χ2v) is 6.61. The van der Waals surface area contributed by atoms with E-state index in [1.165, 1.54) is 0 Å². The van der Waals surface area contributed by atoms with Crippen LogP contribution in [-0.4, -0.2) is 36.1 Å². The third-order valence-corrected chi connectivity index (χ3v) is 4.76. The van der Waals surface area contributed by atoms with Gasteiger partial charge in [-0.1, -0.05) is 24.3 Å². The Hall–Kier alpha value is -2.39. The molecular formula is C21H23NO4. The predicted octanol–water partition coefficient (Wildman–Crippen LogP) is 2.73. The molecule has 3 atom stereocenters. The number of nitriles is 1. The Morgan fingerprint density at radius 2 is 1.96 bits per heavy atom. The average Bonchev–Trinajstić information content (AvgIpc) is 2.68. The number of nitrogens with zero attached hydrogens (tertiary/aromatic N) is 1. The van der Waals surface area contributed by atoms with E-state index in [-0.39, 0.29) is 18.8 Å². The summed E-state index contributed by atoms with van der Waals surface area (Å²) < 4.78 is 11.1. The first kappa shape index (κ1) is 18.4. The first-order valence-corrected chi connectivity index (χ1v) is 8.73. The summed E-state index contributed by atoms with van der Waals surface area (Å²) in [4.78, 5) is 0. The maximum atomic E-state index is 10.0. The highest BCUT2D eigenvalue weighted by Crippen LogP contribution is 2.32. The summed E-state index contributed by atoms with van der Waals surface area (Å²) in [5, 5.41) is 28.8. The zero-order valence-corrected chi connectivity index (χ0v) is 14.8. The average molecular weight is 353 g/mol. The fourth-order valence-corrected chi connectivity index (χ4v) is 3.35. The fraction of sp³-hybridized carbons (Fsp3) is 0.381. The van der Waals surface area contributed by atoms with E-state index >= 15 is 0 Å². The Morgan fingerprint density at radius 3 is 2.62 bits per heavy atom. The highest BCUT2D eigenvalue weighted by Gasteiger charge is 2.29. The molecule has 0 spiro atoms. The van der Waals surface area contributed by atoms with Crippen LogP contribution in [0.25, 0.3) is 0 Å². The third kappa shape index (κ3) is 4.23. The van der Waals surface area contributed by atoms with Crippen molar-refractivity contribution in [3.8, 4) is 11.8 Å². The van der Waals surface area contributed by atoms with E-state index in [0.717, 1.165) is 22.4 Å². The Morgan fingerprint density at radius 1 is 1.19 bits per heavy atom. The van der Waals surface area contributed by atoms with Gasteiger partial charge in [-0.05, 0) is 41.3 Å². The number of methoxy groups -OCH3 is 1. The molecule has 2 N–H and O–H groups in total. The zero-order chi connectivity index (χ0) is 18.5. The Balaban J connectivity index is 1.85. The van der Waals surface area contributed by atoms with Crippen molar-refractivity contribution in [1.29, 1.82) is 5.26 Å². The van der Waals surface area contributed by atoms with Crippen LogP contribution in [0.2, 0.25) is 0 Å². The number of benzene rings is 2. The molecule has 1 aliphatic rings. The monoisotopic (exact) mass is 353 g/mol. The topological polar surface area (TPSA) is 82.7 Å². The minimum Gasteiger partial charge on any atom is -0.497 e. The lowest BCUT2D eigenvalue weighted by molar-refractivity contribution is -0.113. The molecule has 1 aliphatic heterocycles. The van der Waals surface area contributed by atoms with E-state index in [1.807, 2.05) is 36.4 Å². The van der Waals surface area contributed by atoms with Gasteiger partial charge in [-0.25, -0.2) is 0 Å². The van der Waals surface area contributed by atoms with E-state index in [4.69, 9.17) is 9.47 Å². The Bertz CT molecular complexity index is 782. The predicted molar refractivity (Wildman–Crippen MR) is 96.9 cm³/mol.